The Hall–Kier alpha value is -4.62. The Balaban J connectivity index is 1.22. The molecule has 3 unspecified atom stereocenters. The molecule has 2 aliphatic heterocycles. The molecule has 2 aliphatic carbocycles. The largest absolute Gasteiger partial charge is 0.508 e. The maximum Gasteiger partial charge on any atom is 0.319 e. The Morgan fingerprint density at radius 1 is 1.16 bits per heavy atom. The van der Waals surface area contributed by atoms with Crippen LogP contribution in [0.3, 0.4) is 0 Å². The summed E-state index contributed by atoms with van der Waals surface area (Å²) in [5.74, 6) is 1.22. The molecule has 8 rings (SSSR count). The molecule has 2 aromatic carbocycles. The molecule has 0 amide bonds. The zero-order valence-corrected chi connectivity index (χ0v) is 28.5. The minimum atomic E-state index is -1.20. The first-order valence-electron chi connectivity index (χ1n) is 17.7. The summed E-state index contributed by atoms with van der Waals surface area (Å²) in [4.78, 5) is 18.4. The third-order valence-corrected chi connectivity index (χ3v) is 11.4. The van der Waals surface area contributed by atoms with Crippen molar-refractivity contribution >= 4 is 27.5 Å². The number of benzene rings is 2. The number of likely N-dealkylation sites (tertiary alicyclic amines) is 1. The molecule has 4 fully saturated rings. The number of terminal acetylenes is 1. The monoisotopic (exact) mass is 694 g/mol. The first kappa shape index (κ1) is 33.5. The van der Waals surface area contributed by atoms with Gasteiger partial charge in [-0.15, -0.1) is 6.42 Å². The Labute approximate surface area is 295 Å². The average molecular weight is 695 g/mol. The summed E-state index contributed by atoms with van der Waals surface area (Å²) >= 11 is 0. The number of phenols is 1. The molecular weight excluding hydrogens is 654 g/mol. The van der Waals surface area contributed by atoms with E-state index < -0.39 is 17.2 Å². The van der Waals surface area contributed by atoms with Crippen molar-refractivity contribution in [2.45, 2.75) is 69.6 Å². The normalized spacial score (nSPS) is 28.1. The second-order valence-corrected chi connectivity index (χ2v) is 15.0. The molecule has 2 saturated heterocycles. The average Bonchev–Trinajstić information content (AvgIpc) is 3.44. The fraction of sp³-hybridized carbons (Fsp3) is 0.487. The van der Waals surface area contributed by atoms with Gasteiger partial charge in [0.15, 0.2) is 5.82 Å². The molecule has 2 N–H and O–H groups in total. The Kier molecular flexibility index (Phi) is 8.45. The van der Waals surface area contributed by atoms with E-state index in [1.807, 2.05) is 4.90 Å². The molecule has 4 heterocycles. The van der Waals surface area contributed by atoms with Crippen LogP contribution in [0.4, 0.5) is 14.6 Å². The van der Waals surface area contributed by atoms with Gasteiger partial charge in [0, 0.05) is 47.1 Å². The van der Waals surface area contributed by atoms with Crippen molar-refractivity contribution in [3.05, 3.63) is 47.7 Å². The van der Waals surface area contributed by atoms with Gasteiger partial charge < -0.3 is 24.6 Å². The van der Waals surface area contributed by atoms with E-state index in [-0.39, 0.29) is 64.0 Å². The second kappa shape index (κ2) is 12.9. The number of piperidine rings is 1. The zero-order chi connectivity index (χ0) is 35.5. The Morgan fingerprint density at radius 3 is 2.78 bits per heavy atom. The highest BCUT2D eigenvalue weighted by molar-refractivity contribution is 6.03. The molecule has 3 atom stereocenters. The smallest absolute Gasteiger partial charge is 0.319 e. The first-order chi connectivity index (χ1) is 24.6. The van der Waals surface area contributed by atoms with Gasteiger partial charge in [-0.1, -0.05) is 18.4 Å². The quantitative estimate of drug-likeness (QED) is 0.242. The summed E-state index contributed by atoms with van der Waals surface area (Å²) in [6.07, 6.45) is 14.1. The van der Waals surface area contributed by atoms with Crippen molar-refractivity contribution < 1.29 is 28.5 Å². The SMILES string of the molecule is C#Cc1c(F)ccc2cc(O)cc(-c3ncc4c(N5CCOCC(C)(O)C5)nc(OCC56CCCC5N(C5CC(C#N)C5)CCC6)nc4c3F)c12. The summed E-state index contributed by atoms with van der Waals surface area (Å²) in [6.45, 7) is 4.02. The molecule has 4 aliphatic rings. The van der Waals surface area contributed by atoms with Crippen molar-refractivity contribution in [2.24, 2.45) is 11.3 Å². The molecule has 0 bridgehead atoms. The number of hydrogen-bond donors (Lipinski definition) is 2. The highest BCUT2D eigenvalue weighted by Gasteiger charge is 2.51. The van der Waals surface area contributed by atoms with E-state index in [9.17, 15) is 19.9 Å². The van der Waals surface area contributed by atoms with Crippen molar-refractivity contribution in [1.82, 2.24) is 19.9 Å². The molecule has 12 heteroatoms. The molecule has 4 aromatic rings. The number of fused-ring (bicyclic) bond motifs is 3. The van der Waals surface area contributed by atoms with Crippen LogP contribution in [0.5, 0.6) is 11.8 Å². The number of nitrogens with zero attached hydrogens (tertiary/aromatic N) is 6. The van der Waals surface area contributed by atoms with Crippen LogP contribution < -0.4 is 9.64 Å². The van der Waals surface area contributed by atoms with Crippen molar-refractivity contribution in [1.29, 1.82) is 5.26 Å². The number of hydrogen-bond acceptors (Lipinski definition) is 10. The van der Waals surface area contributed by atoms with Crippen LogP contribution in [0.25, 0.3) is 32.9 Å². The molecule has 2 aromatic heterocycles. The fourth-order valence-electron chi connectivity index (χ4n) is 9.00. The van der Waals surface area contributed by atoms with Crippen LogP contribution in [-0.4, -0.2) is 87.2 Å². The number of rotatable bonds is 6. The fourth-order valence-corrected chi connectivity index (χ4v) is 9.00. The summed E-state index contributed by atoms with van der Waals surface area (Å²) in [5.41, 5.74) is -1.50. The number of ether oxygens (including phenoxy) is 2. The minimum absolute atomic E-state index is 0.000166. The predicted octanol–water partition coefficient (Wildman–Crippen LogP) is 5.71. The number of β-amino-alcohol motifs (C(OH)–C–C–N with tert-alkyl or cyclic N) is 1. The maximum atomic E-state index is 17.0. The van der Waals surface area contributed by atoms with Crippen LogP contribution in [0, 0.1) is 46.6 Å². The third-order valence-electron chi connectivity index (χ3n) is 11.4. The third kappa shape index (κ3) is 5.89. The maximum absolute atomic E-state index is 17.0. The molecule has 0 radical (unpaired) electrons. The first-order valence-corrected chi connectivity index (χ1v) is 17.7. The van der Waals surface area contributed by atoms with E-state index >= 15 is 4.39 Å². The second-order valence-electron chi connectivity index (χ2n) is 15.0. The lowest BCUT2D eigenvalue weighted by Gasteiger charge is -2.52. The van der Waals surface area contributed by atoms with Gasteiger partial charge in [-0.05, 0) is 75.6 Å². The number of pyridine rings is 1. The van der Waals surface area contributed by atoms with E-state index in [4.69, 9.17) is 20.9 Å². The van der Waals surface area contributed by atoms with E-state index in [0.29, 0.717) is 48.4 Å². The number of aliphatic hydroxyl groups is 1. The lowest BCUT2D eigenvalue weighted by Crippen LogP contribution is -2.58. The van der Waals surface area contributed by atoms with Gasteiger partial charge in [0.1, 0.15) is 34.2 Å². The number of nitriles is 1. The van der Waals surface area contributed by atoms with Crippen LogP contribution in [-0.2, 0) is 4.74 Å². The number of halogens is 2. The van der Waals surface area contributed by atoms with Crippen molar-refractivity contribution in [2.75, 3.05) is 44.4 Å². The van der Waals surface area contributed by atoms with Gasteiger partial charge in [0.05, 0.1) is 43.4 Å². The van der Waals surface area contributed by atoms with Gasteiger partial charge in [-0.3, -0.25) is 9.88 Å². The number of aromatic hydroxyl groups is 1. The number of phenolic OH excluding ortho intramolecular Hbond substituents is 1. The molecule has 2 saturated carbocycles. The molecule has 0 spiro atoms. The van der Waals surface area contributed by atoms with Crippen molar-refractivity contribution in [3.8, 4) is 41.4 Å². The summed E-state index contributed by atoms with van der Waals surface area (Å²) in [7, 11) is 0. The van der Waals surface area contributed by atoms with Crippen molar-refractivity contribution in [3.63, 3.8) is 0 Å². The number of anilines is 1. The lowest BCUT2D eigenvalue weighted by atomic mass is 9.72. The standard InChI is InChI=1S/C39H40F2N6O4/c1-3-27-30(40)8-7-24-16-26(48)17-28(32(24)27)34-33(41)35-29(19-43-34)36(46-12-13-50-21-38(2,49)20-46)45-37(44-35)51-22-39-9-4-6-31(39)47(11-5-10-39)25-14-23(15-25)18-42/h1,7-8,16-17,19,23,25,31,48-49H,4-6,9-15,20-22H2,2H3. The summed E-state index contributed by atoms with van der Waals surface area (Å²) in [5, 5.41) is 32.0. The van der Waals surface area contributed by atoms with E-state index in [1.165, 1.54) is 30.5 Å². The zero-order valence-electron chi connectivity index (χ0n) is 28.5. The van der Waals surface area contributed by atoms with E-state index in [2.05, 4.69) is 26.9 Å². The van der Waals surface area contributed by atoms with Gasteiger partial charge >= 0.3 is 6.01 Å². The van der Waals surface area contributed by atoms with Crippen LogP contribution in [0.15, 0.2) is 30.5 Å². The Bertz CT molecular complexity index is 2110. The van der Waals surface area contributed by atoms with Crippen LogP contribution in [0.1, 0.15) is 57.4 Å². The summed E-state index contributed by atoms with van der Waals surface area (Å²) < 4.78 is 44.1. The molecule has 10 nitrogen and oxygen atoms in total. The molecule has 264 valence electrons. The minimum Gasteiger partial charge on any atom is -0.508 e. The van der Waals surface area contributed by atoms with Gasteiger partial charge in [0.25, 0.3) is 0 Å². The molecule has 51 heavy (non-hydrogen) atoms. The predicted molar refractivity (Wildman–Crippen MR) is 187 cm³/mol. The topological polar surface area (TPSA) is 128 Å². The van der Waals surface area contributed by atoms with Crippen LogP contribution >= 0.6 is 0 Å². The molecular formula is C39H40F2N6O4. The van der Waals surface area contributed by atoms with Gasteiger partial charge in [0.2, 0.25) is 0 Å². The van der Waals surface area contributed by atoms with Gasteiger partial charge in [-0.2, -0.15) is 15.2 Å². The van der Waals surface area contributed by atoms with E-state index in [1.54, 1.807) is 6.92 Å². The lowest BCUT2D eigenvalue weighted by molar-refractivity contribution is -0.0472. The highest BCUT2D eigenvalue weighted by atomic mass is 19.1. The summed E-state index contributed by atoms with van der Waals surface area (Å²) in [6, 6.07) is 8.59. The van der Waals surface area contributed by atoms with E-state index in [0.717, 1.165) is 51.5 Å². The van der Waals surface area contributed by atoms with Gasteiger partial charge in [-0.25, -0.2) is 8.78 Å². The Morgan fingerprint density at radius 2 is 1.98 bits per heavy atom. The number of aromatic nitrogens is 3. The highest BCUT2D eigenvalue weighted by Crippen LogP contribution is 2.51. The van der Waals surface area contributed by atoms with Crippen LogP contribution in [0.2, 0.25) is 0 Å².